The Labute approximate surface area is 155 Å². The van der Waals surface area contributed by atoms with Crippen LogP contribution in [0, 0.1) is 11.3 Å². The molecule has 0 fully saturated rings. The van der Waals surface area contributed by atoms with Gasteiger partial charge in [0.1, 0.15) is 6.33 Å². The predicted octanol–water partition coefficient (Wildman–Crippen LogP) is 3.23. The highest BCUT2D eigenvalue weighted by atomic mass is 16.1. The van der Waals surface area contributed by atoms with Crippen LogP contribution < -0.4 is 5.56 Å². The standard InChI is InChI=1S/C21H13N5O/c22-10-15-5-1-2-6-18(15)19-9-16(20-7-3-4-8-25-20)13-26(21(19)27)17-11-23-14-24-12-17/h1-9,11-14H. The lowest BCUT2D eigenvalue weighted by Crippen LogP contribution is -2.20. The molecule has 0 N–H and O–H groups in total. The van der Waals surface area contributed by atoms with Crippen LogP contribution in [-0.2, 0) is 0 Å². The van der Waals surface area contributed by atoms with E-state index in [1.54, 1.807) is 55.1 Å². The molecular formula is C21H13N5O. The van der Waals surface area contributed by atoms with Gasteiger partial charge >= 0.3 is 0 Å². The Balaban J connectivity index is 2.04. The fraction of sp³-hybridized carbons (Fsp3) is 0. The third kappa shape index (κ3) is 3.10. The van der Waals surface area contributed by atoms with Crippen LogP contribution in [0.3, 0.4) is 0 Å². The summed E-state index contributed by atoms with van der Waals surface area (Å²) in [7, 11) is 0. The van der Waals surface area contributed by atoms with Gasteiger partial charge in [-0.15, -0.1) is 0 Å². The van der Waals surface area contributed by atoms with Crippen molar-refractivity contribution in [3.63, 3.8) is 0 Å². The van der Waals surface area contributed by atoms with Crippen LogP contribution in [0.1, 0.15) is 5.56 Å². The van der Waals surface area contributed by atoms with Gasteiger partial charge in [-0.1, -0.05) is 24.3 Å². The first-order valence-electron chi connectivity index (χ1n) is 8.21. The molecule has 128 valence electrons. The Morgan fingerprint density at radius 2 is 1.74 bits per heavy atom. The first-order chi connectivity index (χ1) is 13.3. The summed E-state index contributed by atoms with van der Waals surface area (Å²) in [5.41, 5.74) is 3.18. The Kier molecular flexibility index (Phi) is 4.25. The highest BCUT2D eigenvalue weighted by Crippen LogP contribution is 2.25. The van der Waals surface area contributed by atoms with Gasteiger partial charge in [-0.2, -0.15) is 5.26 Å². The van der Waals surface area contributed by atoms with Crippen LogP contribution in [-0.4, -0.2) is 19.5 Å². The lowest BCUT2D eigenvalue weighted by Gasteiger charge is -2.12. The van der Waals surface area contributed by atoms with Crippen LogP contribution in [0.15, 0.2) is 84.4 Å². The Hall–Kier alpha value is -4.11. The molecule has 0 aliphatic carbocycles. The molecule has 0 radical (unpaired) electrons. The van der Waals surface area contributed by atoms with Crippen molar-refractivity contribution >= 4 is 0 Å². The zero-order valence-electron chi connectivity index (χ0n) is 14.1. The van der Waals surface area contributed by atoms with Crippen LogP contribution in [0.25, 0.3) is 28.1 Å². The van der Waals surface area contributed by atoms with Crippen molar-refractivity contribution in [3.05, 3.63) is 95.6 Å². The van der Waals surface area contributed by atoms with E-state index in [0.717, 1.165) is 11.3 Å². The van der Waals surface area contributed by atoms with Crippen LogP contribution in [0.4, 0.5) is 0 Å². The maximum atomic E-state index is 13.2. The number of rotatable bonds is 3. The monoisotopic (exact) mass is 351 g/mol. The molecular weight excluding hydrogens is 338 g/mol. The average Bonchev–Trinajstić information content (AvgIpc) is 2.75. The van der Waals surface area contributed by atoms with Crippen LogP contribution in [0.2, 0.25) is 0 Å². The Bertz CT molecular complexity index is 1190. The maximum Gasteiger partial charge on any atom is 0.263 e. The first-order valence-corrected chi connectivity index (χ1v) is 8.21. The van der Waals surface area contributed by atoms with Crippen molar-refractivity contribution in [2.45, 2.75) is 0 Å². The van der Waals surface area contributed by atoms with E-state index in [-0.39, 0.29) is 5.56 Å². The number of nitrogens with zero attached hydrogens (tertiary/aromatic N) is 5. The number of hydrogen-bond acceptors (Lipinski definition) is 5. The fourth-order valence-corrected chi connectivity index (χ4v) is 2.87. The maximum absolute atomic E-state index is 13.2. The third-order valence-electron chi connectivity index (χ3n) is 4.14. The quantitative estimate of drug-likeness (QED) is 0.566. The van der Waals surface area contributed by atoms with Crippen LogP contribution in [0.5, 0.6) is 0 Å². The summed E-state index contributed by atoms with van der Waals surface area (Å²) >= 11 is 0. The molecule has 0 saturated heterocycles. The summed E-state index contributed by atoms with van der Waals surface area (Å²) in [5, 5.41) is 9.45. The second-order valence-corrected chi connectivity index (χ2v) is 5.79. The molecule has 3 aromatic heterocycles. The molecule has 0 aliphatic rings. The lowest BCUT2D eigenvalue weighted by molar-refractivity contribution is 0.960. The molecule has 0 atom stereocenters. The zero-order chi connectivity index (χ0) is 18.6. The van der Waals surface area contributed by atoms with Gasteiger partial charge in [-0.05, 0) is 24.3 Å². The predicted molar refractivity (Wildman–Crippen MR) is 101 cm³/mol. The number of benzene rings is 1. The smallest absolute Gasteiger partial charge is 0.263 e. The van der Waals surface area contributed by atoms with E-state index in [2.05, 4.69) is 21.0 Å². The molecule has 0 unspecified atom stereocenters. The van der Waals surface area contributed by atoms with Gasteiger partial charge in [0.25, 0.3) is 5.56 Å². The summed E-state index contributed by atoms with van der Waals surface area (Å²) in [6.45, 7) is 0. The normalized spacial score (nSPS) is 10.3. The van der Waals surface area contributed by atoms with E-state index in [1.165, 1.54) is 10.9 Å². The van der Waals surface area contributed by atoms with Gasteiger partial charge in [0.15, 0.2) is 0 Å². The van der Waals surface area contributed by atoms with Gasteiger partial charge < -0.3 is 0 Å². The second-order valence-electron chi connectivity index (χ2n) is 5.79. The number of nitriles is 1. The van der Waals surface area contributed by atoms with E-state index < -0.39 is 0 Å². The van der Waals surface area contributed by atoms with Gasteiger partial charge in [0.2, 0.25) is 0 Å². The zero-order valence-corrected chi connectivity index (χ0v) is 14.1. The molecule has 0 bridgehead atoms. The summed E-state index contributed by atoms with van der Waals surface area (Å²) < 4.78 is 1.48. The molecule has 3 heterocycles. The number of hydrogen-bond donors (Lipinski definition) is 0. The van der Waals surface area contributed by atoms with E-state index in [9.17, 15) is 10.1 Å². The van der Waals surface area contributed by atoms with Crippen molar-refractivity contribution in [1.29, 1.82) is 5.26 Å². The fourth-order valence-electron chi connectivity index (χ4n) is 2.87. The highest BCUT2D eigenvalue weighted by Gasteiger charge is 2.15. The van der Waals surface area contributed by atoms with E-state index in [1.807, 2.05) is 18.2 Å². The van der Waals surface area contributed by atoms with Crippen molar-refractivity contribution in [1.82, 2.24) is 19.5 Å². The number of aromatic nitrogens is 4. The summed E-state index contributed by atoms with van der Waals surface area (Å²) in [5.74, 6) is 0. The molecule has 0 saturated carbocycles. The van der Waals surface area contributed by atoms with Gasteiger partial charge in [-0.3, -0.25) is 14.3 Å². The largest absolute Gasteiger partial charge is 0.280 e. The molecule has 0 amide bonds. The van der Waals surface area contributed by atoms with Crippen molar-refractivity contribution in [2.24, 2.45) is 0 Å². The van der Waals surface area contributed by atoms with Crippen LogP contribution >= 0.6 is 0 Å². The van der Waals surface area contributed by atoms with E-state index in [4.69, 9.17) is 0 Å². The van der Waals surface area contributed by atoms with Gasteiger partial charge in [-0.25, -0.2) is 9.97 Å². The molecule has 6 nitrogen and oxygen atoms in total. The molecule has 0 spiro atoms. The molecule has 4 rings (SSSR count). The Morgan fingerprint density at radius 3 is 2.48 bits per heavy atom. The van der Waals surface area contributed by atoms with E-state index >= 15 is 0 Å². The molecule has 4 aromatic rings. The van der Waals surface area contributed by atoms with Crippen molar-refractivity contribution < 1.29 is 0 Å². The molecule has 0 aliphatic heterocycles. The second kappa shape index (κ2) is 7.02. The highest BCUT2D eigenvalue weighted by molar-refractivity contribution is 5.74. The molecule has 1 aromatic carbocycles. The average molecular weight is 351 g/mol. The SMILES string of the molecule is N#Cc1ccccc1-c1cc(-c2ccccn2)cn(-c2cncnc2)c1=O. The minimum Gasteiger partial charge on any atom is -0.280 e. The minimum atomic E-state index is -0.257. The molecule has 6 heteroatoms. The van der Waals surface area contributed by atoms with Gasteiger partial charge in [0, 0.05) is 29.1 Å². The molecule has 27 heavy (non-hydrogen) atoms. The number of pyridine rings is 2. The summed E-state index contributed by atoms with van der Waals surface area (Å²) in [6.07, 6.45) is 7.94. The Morgan fingerprint density at radius 1 is 0.963 bits per heavy atom. The summed E-state index contributed by atoms with van der Waals surface area (Å²) in [6, 6.07) is 16.5. The van der Waals surface area contributed by atoms with Gasteiger partial charge in [0.05, 0.1) is 35.4 Å². The minimum absolute atomic E-state index is 0.257. The lowest BCUT2D eigenvalue weighted by atomic mass is 9.99. The van der Waals surface area contributed by atoms with Crippen molar-refractivity contribution in [3.8, 4) is 34.1 Å². The van der Waals surface area contributed by atoms with E-state index in [0.29, 0.717) is 22.4 Å². The summed E-state index contributed by atoms with van der Waals surface area (Å²) in [4.78, 5) is 25.6. The third-order valence-corrected chi connectivity index (χ3v) is 4.14. The topological polar surface area (TPSA) is 84.5 Å². The first kappa shape index (κ1) is 16.4. The van der Waals surface area contributed by atoms with Crippen molar-refractivity contribution in [2.75, 3.05) is 0 Å².